The van der Waals surface area contributed by atoms with E-state index in [1.165, 1.54) is 22.7 Å². The fraction of sp³-hybridized carbons (Fsp3) is 0.364. The largest absolute Gasteiger partial charge is 0.348 e. The van der Waals surface area contributed by atoms with Gasteiger partial charge >= 0.3 is 0 Å². The average molecular weight is 262 g/mol. The molecule has 0 atom stereocenters. The molecule has 0 heterocycles. The van der Waals surface area contributed by atoms with Crippen LogP contribution in [0, 0.1) is 5.82 Å². The van der Waals surface area contributed by atoms with Crippen molar-refractivity contribution < 1.29 is 9.18 Å². The summed E-state index contributed by atoms with van der Waals surface area (Å²) in [5, 5.41) is 0.385. The number of rotatable bonds is 4. The van der Waals surface area contributed by atoms with Crippen LogP contribution in [0.5, 0.6) is 0 Å². The second-order valence-electron chi connectivity index (χ2n) is 3.52. The SMILES string of the molecule is CN(C)C(=O)CSCc1ccc(Cl)cc1F. The Morgan fingerprint density at radius 1 is 1.50 bits per heavy atom. The maximum absolute atomic E-state index is 13.3. The zero-order valence-electron chi connectivity index (χ0n) is 9.17. The van der Waals surface area contributed by atoms with E-state index in [0.29, 0.717) is 22.1 Å². The van der Waals surface area contributed by atoms with E-state index in [4.69, 9.17) is 11.6 Å². The zero-order chi connectivity index (χ0) is 12.1. The van der Waals surface area contributed by atoms with Crippen molar-refractivity contribution in [1.29, 1.82) is 0 Å². The normalized spacial score (nSPS) is 10.2. The molecule has 1 rings (SSSR count). The third-order valence-corrected chi connectivity index (χ3v) is 3.20. The number of thioether (sulfide) groups is 1. The van der Waals surface area contributed by atoms with Crippen LogP contribution in [0.3, 0.4) is 0 Å². The first-order valence-electron chi connectivity index (χ1n) is 4.72. The van der Waals surface area contributed by atoms with Crippen molar-refractivity contribution >= 4 is 29.3 Å². The lowest BCUT2D eigenvalue weighted by Gasteiger charge is -2.09. The highest BCUT2D eigenvalue weighted by atomic mass is 35.5. The van der Waals surface area contributed by atoms with Gasteiger partial charge in [-0.3, -0.25) is 4.79 Å². The minimum atomic E-state index is -0.322. The van der Waals surface area contributed by atoms with Gasteiger partial charge in [-0.05, 0) is 17.7 Å². The van der Waals surface area contributed by atoms with Gasteiger partial charge < -0.3 is 4.90 Å². The van der Waals surface area contributed by atoms with Crippen molar-refractivity contribution in [2.75, 3.05) is 19.8 Å². The molecular weight excluding hydrogens is 249 g/mol. The lowest BCUT2D eigenvalue weighted by atomic mass is 10.2. The Kier molecular flexibility index (Phi) is 5.09. The van der Waals surface area contributed by atoms with Crippen LogP contribution in [0.1, 0.15) is 5.56 Å². The quantitative estimate of drug-likeness (QED) is 0.831. The van der Waals surface area contributed by atoms with Gasteiger partial charge in [-0.15, -0.1) is 11.8 Å². The predicted octanol–water partition coefficient (Wildman–Crippen LogP) is 2.80. The second-order valence-corrected chi connectivity index (χ2v) is 4.94. The van der Waals surface area contributed by atoms with E-state index in [1.807, 2.05) is 0 Å². The summed E-state index contributed by atoms with van der Waals surface area (Å²) in [5.74, 6) is 0.536. The smallest absolute Gasteiger partial charge is 0.232 e. The summed E-state index contributed by atoms with van der Waals surface area (Å²) >= 11 is 7.02. The number of halogens is 2. The van der Waals surface area contributed by atoms with E-state index in [-0.39, 0.29) is 11.7 Å². The van der Waals surface area contributed by atoms with Crippen molar-refractivity contribution in [2.24, 2.45) is 0 Å². The molecule has 0 aromatic heterocycles. The molecule has 16 heavy (non-hydrogen) atoms. The first kappa shape index (κ1) is 13.3. The molecule has 0 aliphatic heterocycles. The maximum Gasteiger partial charge on any atom is 0.232 e. The van der Waals surface area contributed by atoms with E-state index in [1.54, 1.807) is 26.2 Å². The Morgan fingerprint density at radius 3 is 2.75 bits per heavy atom. The fourth-order valence-corrected chi connectivity index (χ4v) is 2.16. The fourth-order valence-electron chi connectivity index (χ4n) is 1.02. The monoisotopic (exact) mass is 261 g/mol. The van der Waals surface area contributed by atoms with Crippen LogP contribution < -0.4 is 0 Å². The molecule has 0 unspecified atom stereocenters. The number of amides is 1. The van der Waals surface area contributed by atoms with E-state index in [9.17, 15) is 9.18 Å². The van der Waals surface area contributed by atoms with Gasteiger partial charge in [-0.25, -0.2) is 4.39 Å². The van der Waals surface area contributed by atoms with E-state index < -0.39 is 0 Å². The second kappa shape index (κ2) is 6.11. The van der Waals surface area contributed by atoms with Crippen LogP contribution >= 0.6 is 23.4 Å². The van der Waals surface area contributed by atoms with Crippen molar-refractivity contribution in [3.63, 3.8) is 0 Å². The summed E-state index contributed by atoms with van der Waals surface area (Å²) in [6.07, 6.45) is 0. The Balaban J connectivity index is 2.46. The highest BCUT2D eigenvalue weighted by Gasteiger charge is 2.06. The highest BCUT2D eigenvalue weighted by molar-refractivity contribution is 7.99. The van der Waals surface area contributed by atoms with E-state index >= 15 is 0 Å². The standard InChI is InChI=1S/C11H13ClFNOS/c1-14(2)11(15)7-16-6-8-3-4-9(12)5-10(8)13/h3-5H,6-7H2,1-2H3. The van der Waals surface area contributed by atoms with Crippen molar-refractivity contribution in [1.82, 2.24) is 4.90 Å². The molecule has 0 aliphatic carbocycles. The average Bonchev–Trinajstić information content (AvgIpc) is 2.20. The third-order valence-electron chi connectivity index (χ3n) is 2.00. The van der Waals surface area contributed by atoms with Crippen LogP contribution in [0.25, 0.3) is 0 Å². The molecule has 0 spiro atoms. The van der Waals surface area contributed by atoms with Crippen LogP contribution in [0.15, 0.2) is 18.2 Å². The predicted molar refractivity (Wildman–Crippen MR) is 66.3 cm³/mol. The molecule has 0 saturated heterocycles. The summed E-state index contributed by atoms with van der Waals surface area (Å²) in [6, 6.07) is 4.57. The molecule has 0 N–H and O–H groups in total. The van der Waals surface area contributed by atoms with Crippen molar-refractivity contribution in [2.45, 2.75) is 5.75 Å². The van der Waals surface area contributed by atoms with Gasteiger partial charge in [0, 0.05) is 24.9 Å². The molecule has 0 saturated carbocycles. The number of carbonyl (C=O) groups excluding carboxylic acids is 1. The Morgan fingerprint density at radius 2 is 2.19 bits per heavy atom. The first-order valence-corrected chi connectivity index (χ1v) is 6.26. The lowest BCUT2D eigenvalue weighted by molar-refractivity contribution is -0.125. The molecule has 0 bridgehead atoms. The number of benzene rings is 1. The number of nitrogens with zero attached hydrogens (tertiary/aromatic N) is 1. The molecule has 1 aromatic rings. The number of carbonyl (C=O) groups is 1. The third kappa shape index (κ3) is 4.02. The van der Waals surface area contributed by atoms with Gasteiger partial charge in [0.25, 0.3) is 0 Å². The number of hydrogen-bond donors (Lipinski definition) is 0. The Labute approximate surface area is 104 Å². The maximum atomic E-state index is 13.3. The topological polar surface area (TPSA) is 20.3 Å². The van der Waals surface area contributed by atoms with Gasteiger partial charge in [0.05, 0.1) is 5.75 Å². The lowest BCUT2D eigenvalue weighted by Crippen LogP contribution is -2.23. The molecule has 0 radical (unpaired) electrons. The summed E-state index contributed by atoms with van der Waals surface area (Å²) in [5.41, 5.74) is 0.570. The molecular formula is C11H13ClFNOS. The van der Waals surface area contributed by atoms with Crippen LogP contribution in [0.2, 0.25) is 5.02 Å². The van der Waals surface area contributed by atoms with Crippen LogP contribution in [-0.4, -0.2) is 30.7 Å². The first-order chi connectivity index (χ1) is 7.50. The van der Waals surface area contributed by atoms with Gasteiger partial charge in [0.1, 0.15) is 5.82 Å². The molecule has 0 fully saturated rings. The van der Waals surface area contributed by atoms with Crippen molar-refractivity contribution in [3.8, 4) is 0 Å². The molecule has 2 nitrogen and oxygen atoms in total. The van der Waals surface area contributed by atoms with Crippen LogP contribution in [0.4, 0.5) is 4.39 Å². The summed E-state index contributed by atoms with van der Waals surface area (Å²) in [6.45, 7) is 0. The minimum Gasteiger partial charge on any atom is -0.348 e. The molecule has 88 valence electrons. The van der Waals surface area contributed by atoms with Crippen molar-refractivity contribution in [3.05, 3.63) is 34.6 Å². The van der Waals surface area contributed by atoms with Gasteiger partial charge in [-0.1, -0.05) is 17.7 Å². The summed E-state index contributed by atoms with van der Waals surface area (Å²) < 4.78 is 13.3. The van der Waals surface area contributed by atoms with E-state index in [0.717, 1.165) is 0 Å². The molecule has 5 heteroatoms. The van der Waals surface area contributed by atoms with Gasteiger partial charge in [0.15, 0.2) is 0 Å². The summed E-state index contributed by atoms with van der Waals surface area (Å²) in [7, 11) is 3.40. The minimum absolute atomic E-state index is 0.0272. The summed E-state index contributed by atoms with van der Waals surface area (Å²) in [4.78, 5) is 12.8. The highest BCUT2D eigenvalue weighted by Crippen LogP contribution is 2.19. The van der Waals surface area contributed by atoms with Gasteiger partial charge in [-0.2, -0.15) is 0 Å². The van der Waals surface area contributed by atoms with E-state index in [2.05, 4.69) is 0 Å². The van der Waals surface area contributed by atoms with Gasteiger partial charge in [0.2, 0.25) is 5.91 Å². The molecule has 0 aliphatic rings. The number of hydrogen-bond acceptors (Lipinski definition) is 2. The molecule has 1 amide bonds. The molecule has 1 aromatic carbocycles. The van der Waals surface area contributed by atoms with Crippen LogP contribution in [-0.2, 0) is 10.5 Å². The zero-order valence-corrected chi connectivity index (χ0v) is 10.7. The Bertz CT molecular complexity index is 384. The Hall–Kier alpha value is -0.740.